The molecule has 0 bridgehead atoms. The number of para-hydroxylation sites is 2. The first-order valence-corrected chi connectivity index (χ1v) is 9.99. The largest absolute Gasteiger partial charge is 0.383 e. The van der Waals surface area contributed by atoms with Gasteiger partial charge in [-0.2, -0.15) is 0 Å². The first-order valence-electron chi connectivity index (χ1n) is 9.99. The second-order valence-electron chi connectivity index (χ2n) is 7.57. The Bertz CT molecular complexity index is 1180. The fourth-order valence-electron chi connectivity index (χ4n) is 3.56. The minimum atomic E-state index is -0.126. The molecule has 0 aliphatic rings. The predicted molar refractivity (Wildman–Crippen MR) is 120 cm³/mol. The molecule has 0 spiro atoms. The fraction of sp³-hybridized carbons (Fsp3) is 0.200. The van der Waals surface area contributed by atoms with Crippen molar-refractivity contribution in [1.29, 1.82) is 0 Å². The van der Waals surface area contributed by atoms with Gasteiger partial charge in [0.2, 0.25) is 0 Å². The van der Waals surface area contributed by atoms with Crippen molar-refractivity contribution in [1.82, 2.24) is 14.9 Å². The van der Waals surface area contributed by atoms with E-state index in [4.69, 9.17) is 4.74 Å². The van der Waals surface area contributed by atoms with Gasteiger partial charge in [-0.15, -0.1) is 0 Å². The van der Waals surface area contributed by atoms with Crippen molar-refractivity contribution >= 4 is 16.9 Å². The molecule has 4 aromatic rings. The molecule has 0 saturated heterocycles. The third-order valence-electron chi connectivity index (χ3n) is 5.09. The van der Waals surface area contributed by atoms with Gasteiger partial charge in [0.15, 0.2) is 0 Å². The lowest BCUT2D eigenvalue weighted by atomic mass is 10.0. The molecule has 3 aromatic carbocycles. The number of aryl methyl sites for hydroxylation is 1. The smallest absolute Gasteiger partial charge is 0.251 e. The van der Waals surface area contributed by atoms with Gasteiger partial charge in [-0.3, -0.25) is 9.36 Å². The average Bonchev–Trinajstić information content (AvgIpc) is 3.18. The van der Waals surface area contributed by atoms with Crippen LogP contribution in [0.3, 0.4) is 0 Å². The maximum absolute atomic E-state index is 13.0. The Balaban J connectivity index is 1.82. The van der Waals surface area contributed by atoms with Crippen LogP contribution in [0.5, 0.6) is 0 Å². The molecule has 0 fully saturated rings. The number of amides is 1. The molecule has 0 aliphatic carbocycles. The fourth-order valence-corrected chi connectivity index (χ4v) is 3.56. The number of hydrogen-bond donors (Lipinski definition) is 1. The van der Waals surface area contributed by atoms with E-state index in [1.54, 1.807) is 13.4 Å². The zero-order valence-corrected chi connectivity index (χ0v) is 17.4. The standard InChI is InChI=1S/C25H25N3O2/c1-17-8-10-19(11-9-17)20-12-21(25(29)27-18(2)15-30-3)14-22(13-20)28-16-26-23-6-4-5-7-24(23)28/h4-14,16,18H,15H2,1-3H3,(H,27,29). The average molecular weight is 399 g/mol. The Kier molecular flexibility index (Phi) is 5.63. The summed E-state index contributed by atoms with van der Waals surface area (Å²) in [5.41, 5.74) is 6.65. The number of carbonyl (C=O) groups excluding carboxylic acids is 1. The summed E-state index contributed by atoms with van der Waals surface area (Å²) in [5, 5.41) is 3.01. The number of nitrogens with zero attached hydrogens (tertiary/aromatic N) is 2. The van der Waals surface area contributed by atoms with Crippen LogP contribution in [0.15, 0.2) is 73.1 Å². The van der Waals surface area contributed by atoms with Crippen LogP contribution in [0.1, 0.15) is 22.8 Å². The van der Waals surface area contributed by atoms with Crippen LogP contribution in [-0.4, -0.2) is 35.2 Å². The molecule has 0 radical (unpaired) electrons. The normalized spacial score (nSPS) is 12.1. The molecule has 0 aliphatic heterocycles. The van der Waals surface area contributed by atoms with Crippen molar-refractivity contribution in [2.45, 2.75) is 19.9 Å². The Morgan fingerprint density at radius 3 is 2.60 bits per heavy atom. The van der Waals surface area contributed by atoms with Crippen molar-refractivity contribution < 1.29 is 9.53 Å². The Morgan fingerprint density at radius 1 is 1.07 bits per heavy atom. The van der Waals surface area contributed by atoms with Gasteiger partial charge in [-0.25, -0.2) is 4.98 Å². The molecule has 1 atom stereocenters. The molecule has 5 nitrogen and oxygen atoms in total. The van der Waals surface area contributed by atoms with Gasteiger partial charge in [0.25, 0.3) is 5.91 Å². The van der Waals surface area contributed by atoms with Crippen LogP contribution in [0.4, 0.5) is 0 Å². The Morgan fingerprint density at radius 2 is 1.83 bits per heavy atom. The lowest BCUT2D eigenvalue weighted by molar-refractivity contribution is 0.0905. The van der Waals surface area contributed by atoms with Gasteiger partial charge >= 0.3 is 0 Å². The summed E-state index contributed by atoms with van der Waals surface area (Å²) in [7, 11) is 1.63. The number of nitrogens with one attached hydrogen (secondary N) is 1. The number of imidazole rings is 1. The molecule has 1 N–H and O–H groups in total. The van der Waals surface area contributed by atoms with Crippen LogP contribution >= 0.6 is 0 Å². The van der Waals surface area contributed by atoms with E-state index in [1.807, 2.05) is 47.9 Å². The SMILES string of the molecule is COCC(C)NC(=O)c1cc(-c2ccc(C)cc2)cc(-n2cnc3ccccc32)c1. The van der Waals surface area contributed by atoms with Gasteiger partial charge in [-0.1, -0.05) is 42.0 Å². The highest BCUT2D eigenvalue weighted by molar-refractivity contribution is 5.96. The van der Waals surface area contributed by atoms with Crippen LogP contribution in [0.2, 0.25) is 0 Å². The summed E-state index contributed by atoms with van der Waals surface area (Å²) in [5.74, 6) is -0.126. The van der Waals surface area contributed by atoms with Gasteiger partial charge in [0.1, 0.15) is 6.33 Å². The van der Waals surface area contributed by atoms with Gasteiger partial charge in [-0.05, 0) is 55.3 Å². The molecule has 0 saturated carbocycles. The number of fused-ring (bicyclic) bond motifs is 1. The summed E-state index contributed by atoms with van der Waals surface area (Å²) in [6.45, 7) is 4.45. The van der Waals surface area contributed by atoms with Crippen LogP contribution in [0, 0.1) is 6.92 Å². The summed E-state index contributed by atoms with van der Waals surface area (Å²) >= 11 is 0. The van der Waals surface area contributed by atoms with Gasteiger partial charge < -0.3 is 10.1 Å². The first kappa shape index (κ1) is 19.9. The maximum Gasteiger partial charge on any atom is 0.251 e. The van der Waals surface area contributed by atoms with Crippen LogP contribution in [0.25, 0.3) is 27.8 Å². The molecule has 152 valence electrons. The van der Waals surface area contributed by atoms with E-state index < -0.39 is 0 Å². The van der Waals surface area contributed by atoms with E-state index in [2.05, 4.69) is 47.6 Å². The van der Waals surface area contributed by atoms with Gasteiger partial charge in [0.05, 0.1) is 17.6 Å². The zero-order chi connectivity index (χ0) is 21.1. The van der Waals surface area contributed by atoms with Gasteiger partial charge in [0, 0.05) is 24.4 Å². The lowest BCUT2D eigenvalue weighted by Gasteiger charge is -2.15. The van der Waals surface area contributed by atoms with E-state index in [0.29, 0.717) is 12.2 Å². The second-order valence-corrected chi connectivity index (χ2v) is 7.57. The number of carbonyl (C=O) groups is 1. The predicted octanol–water partition coefficient (Wildman–Crippen LogP) is 4.77. The highest BCUT2D eigenvalue weighted by Crippen LogP contribution is 2.27. The Hall–Kier alpha value is -3.44. The summed E-state index contributed by atoms with van der Waals surface area (Å²) in [4.78, 5) is 17.5. The van der Waals surface area contributed by atoms with Crippen LogP contribution in [-0.2, 0) is 4.74 Å². The summed E-state index contributed by atoms with van der Waals surface area (Å²) < 4.78 is 7.16. The summed E-state index contributed by atoms with van der Waals surface area (Å²) in [6, 6.07) is 22.1. The van der Waals surface area contributed by atoms with Crippen molar-refractivity contribution in [2.24, 2.45) is 0 Å². The molecule has 1 unspecified atom stereocenters. The second kappa shape index (κ2) is 8.51. The maximum atomic E-state index is 13.0. The first-order chi connectivity index (χ1) is 14.5. The quantitative estimate of drug-likeness (QED) is 0.508. The van der Waals surface area contributed by atoms with E-state index in [9.17, 15) is 4.79 Å². The number of ether oxygens (including phenoxy) is 1. The number of benzene rings is 3. The van der Waals surface area contributed by atoms with Crippen molar-refractivity contribution in [3.8, 4) is 16.8 Å². The monoisotopic (exact) mass is 399 g/mol. The highest BCUT2D eigenvalue weighted by Gasteiger charge is 2.14. The van der Waals surface area contributed by atoms with Crippen molar-refractivity contribution in [2.75, 3.05) is 13.7 Å². The van der Waals surface area contributed by atoms with E-state index in [1.165, 1.54) is 5.56 Å². The minimum Gasteiger partial charge on any atom is -0.383 e. The van der Waals surface area contributed by atoms with Crippen LogP contribution < -0.4 is 5.32 Å². The van der Waals surface area contributed by atoms with E-state index >= 15 is 0 Å². The molecule has 1 amide bonds. The van der Waals surface area contributed by atoms with E-state index in [-0.39, 0.29) is 11.9 Å². The molecular formula is C25H25N3O2. The minimum absolute atomic E-state index is 0.0805. The summed E-state index contributed by atoms with van der Waals surface area (Å²) in [6.07, 6.45) is 1.80. The highest BCUT2D eigenvalue weighted by atomic mass is 16.5. The third-order valence-corrected chi connectivity index (χ3v) is 5.09. The number of rotatable bonds is 6. The Labute approximate surface area is 176 Å². The van der Waals surface area contributed by atoms with Crippen molar-refractivity contribution in [3.63, 3.8) is 0 Å². The topological polar surface area (TPSA) is 56.1 Å². The number of aromatic nitrogens is 2. The molecular weight excluding hydrogens is 374 g/mol. The zero-order valence-electron chi connectivity index (χ0n) is 17.4. The molecule has 4 rings (SSSR count). The third kappa shape index (κ3) is 4.11. The molecule has 1 aromatic heterocycles. The number of methoxy groups -OCH3 is 1. The molecule has 5 heteroatoms. The van der Waals surface area contributed by atoms with Crippen molar-refractivity contribution in [3.05, 3.63) is 84.2 Å². The van der Waals surface area contributed by atoms with E-state index in [0.717, 1.165) is 27.8 Å². The lowest BCUT2D eigenvalue weighted by Crippen LogP contribution is -2.35. The molecule has 30 heavy (non-hydrogen) atoms. The number of hydrogen-bond acceptors (Lipinski definition) is 3. The molecule has 1 heterocycles.